The lowest BCUT2D eigenvalue weighted by Crippen LogP contribution is -2.27. The van der Waals surface area contributed by atoms with Gasteiger partial charge in [-0.05, 0) is 24.1 Å². The first kappa shape index (κ1) is 15.2. The highest BCUT2D eigenvalue weighted by Crippen LogP contribution is 2.14. The molecule has 0 atom stereocenters. The number of amides is 1. The van der Waals surface area contributed by atoms with E-state index in [1.54, 1.807) is 12.1 Å². The summed E-state index contributed by atoms with van der Waals surface area (Å²) in [4.78, 5) is 11.0. The molecule has 7 heteroatoms. The first-order chi connectivity index (χ1) is 9.11. The van der Waals surface area contributed by atoms with Gasteiger partial charge in [-0.25, -0.2) is 4.79 Å². The zero-order chi connectivity index (χ0) is 14.1. The highest BCUT2D eigenvalue weighted by molar-refractivity contribution is 5.67. The number of benzene rings is 1. The fourth-order valence-corrected chi connectivity index (χ4v) is 1.34. The van der Waals surface area contributed by atoms with Gasteiger partial charge in [-0.1, -0.05) is 12.1 Å². The summed E-state index contributed by atoms with van der Waals surface area (Å²) in [6.45, 7) is -2.77. The Morgan fingerprint density at radius 1 is 1.32 bits per heavy atom. The van der Waals surface area contributed by atoms with Gasteiger partial charge in [-0.2, -0.15) is 8.78 Å². The molecule has 0 unspecified atom stereocenters. The van der Waals surface area contributed by atoms with Gasteiger partial charge in [0.2, 0.25) is 0 Å². The van der Waals surface area contributed by atoms with E-state index in [0.29, 0.717) is 13.0 Å². The van der Waals surface area contributed by atoms with E-state index in [1.807, 2.05) is 0 Å². The average molecular weight is 275 g/mol. The maximum atomic E-state index is 11.9. The molecule has 0 heterocycles. The molecule has 1 aromatic rings. The Hall–Kier alpha value is -1.89. The molecule has 1 aromatic carbocycles. The van der Waals surface area contributed by atoms with Gasteiger partial charge in [0.05, 0.1) is 6.61 Å². The van der Waals surface area contributed by atoms with Crippen LogP contribution in [0.5, 0.6) is 5.75 Å². The third-order valence-electron chi connectivity index (χ3n) is 2.16. The second kappa shape index (κ2) is 8.25. The van der Waals surface area contributed by atoms with Crippen LogP contribution in [-0.4, -0.2) is 37.6 Å². The van der Waals surface area contributed by atoms with Gasteiger partial charge in [0.25, 0.3) is 0 Å². The molecule has 2 N–H and O–H groups in total. The summed E-state index contributed by atoms with van der Waals surface area (Å²) in [6, 6.07) is 6.15. The number of aliphatic hydroxyl groups excluding tert-OH is 1. The summed E-state index contributed by atoms with van der Waals surface area (Å²) in [6.07, 6.45) is -0.0740. The first-order valence-corrected chi connectivity index (χ1v) is 5.67. The van der Waals surface area contributed by atoms with Crippen LogP contribution in [0.15, 0.2) is 24.3 Å². The quantitative estimate of drug-likeness (QED) is 0.792. The van der Waals surface area contributed by atoms with Crippen LogP contribution >= 0.6 is 0 Å². The monoisotopic (exact) mass is 275 g/mol. The van der Waals surface area contributed by atoms with Crippen LogP contribution in [0.4, 0.5) is 13.6 Å². The third kappa shape index (κ3) is 6.56. The molecular weight excluding hydrogens is 260 g/mol. The molecule has 0 aliphatic rings. The number of rotatable bonds is 7. The van der Waals surface area contributed by atoms with E-state index in [2.05, 4.69) is 14.8 Å². The van der Waals surface area contributed by atoms with E-state index in [1.165, 1.54) is 12.1 Å². The molecule has 0 aliphatic heterocycles. The van der Waals surface area contributed by atoms with Crippen molar-refractivity contribution in [3.63, 3.8) is 0 Å². The molecule has 0 bridgehead atoms. The minimum absolute atomic E-state index is 0.0501. The number of hydrogen-bond acceptors (Lipinski definition) is 4. The minimum Gasteiger partial charge on any atom is -0.447 e. The number of alkyl halides is 2. The van der Waals surface area contributed by atoms with Crippen LogP contribution in [0.2, 0.25) is 0 Å². The molecule has 0 radical (unpaired) electrons. The lowest BCUT2D eigenvalue weighted by molar-refractivity contribution is -0.0498. The van der Waals surface area contributed by atoms with Crippen molar-refractivity contribution in [2.45, 2.75) is 13.0 Å². The lowest BCUT2D eigenvalue weighted by atomic mass is 10.1. The lowest BCUT2D eigenvalue weighted by Gasteiger charge is -2.07. The SMILES string of the molecule is O=C(NCCc1ccc(OC(F)F)cc1)OCCO. The number of hydrogen-bond donors (Lipinski definition) is 2. The van der Waals surface area contributed by atoms with Gasteiger partial charge in [0.15, 0.2) is 0 Å². The third-order valence-corrected chi connectivity index (χ3v) is 2.16. The minimum atomic E-state index is -2.84. The number of aliphatic hydroxyl groups is 1. The highest BCUT2D eigenvalue weighted by atomic mass is 19.3. The van der Waals surface area contributed by atoms with Crippen LogP contribution in [-0.2, 0) is 11.2 Å². The molecule has 106 valence electrons. The fraction of sp³-hybridized carbons (Fsp3) is 0.417. The van der Waals surface area contributed by atoms with Crippen molar-refractivity contribution >= 4 is 6.09 Å². The van der Waals surface area contributed by atoms with Crippen molar-refractivity contribution in [3.05, 3.63) is 29.8 Å². The second-order valence-electron chi connectivity index (χ2n) is 3.56. The number of nitrogens with one attached hydrogen (secondary N) is 1. The maximum Gasteiger partial charge on any atom is 0.407 e. The van der Waals surface area contributed by atoms with E-state index < -0.39 is 12.7 Å². The summed E-state index contributed by atoms with van der Waals surface area (Å²) < 4.78 is 32.6. The van der Waals surface area contributed by atoms with Crippen molar-refractivity contribution in [1.82, 2.24) is 5.32 Å². The Morgan fingerprint density at radius 2 is 2.00 bits per heavy atom. The molecular formula is C12H15F2NO4. The number of halogens is 2. The maximum absolute atomic E-state index is 11.9. The van der Waals surface area contributed by atoms with Crippen molar-refractivity contribution in [3.8, 4) is 5.75 Å². The van der Waals surface area contributed by atoms with Crippen LogP contribution < -0.4 is 10.1 Å². The predicted octanol–water partition coefficient (Wildman–Crippen LogP) is 1.55. The molecule has 0 aliphatic carbocycles. The number of alkyl carbamates (subject to hydrolysis) is 1. The second-order valence-corrected chi connectivity index (χ2v) is 3.56. The molecule has 5 nitrogen and oxygen atoms in total. The Balaban J connectivity index is 2.28. The fourth-order valence-electron chi connectivity index (χ4n) is 1.34. The van der Waals surface area contributed by atoms with Crippen molar-refractivity contribution in [1.29, 1.82) is 0 Å². The van der Waals surface area contributed by atoms with Gasteiger partial charge in [-0.15, -0.1) is 0 Å². The van der Waals surface area contributed by atoms with E-state index in [-0.39, 0.29) is 19.0 Å². The molecule has 0 fully saturated rings. The zero-order valence-corrected chi connectivity index (χ0v) is 10.1. The summed E-state index contributed by atoms with van der Waals surface area (Å²) in [5, 5.41) is 10.9. The molecule has 1 rings (SSSR count). The highest BCUT2D eigenvalue weighted by Gasteiger charge is 2.04. The number of ether oxygens (including phenoxy) is 2. The number of carbonyl (C=O) groups excluding carboxylic acids is 1. The van der Waals surface area contributed by atoms with Crippen molar-refractivity contribution in [2.75, 3.05) is 19.8 Å². The van der Waals surface area contributed by atoms with Gasteiger partial charge in [0, 0.05) is 6.54 Å². The van der Waals surface area contributed by atoms with Crippen LogP contribution in [0.25, 0.3) is 0 Å². The Kier molecular flexibility index (Phi) is 6.59. The smallest absolute Gasteiger partial charge is 0.407 e. The van der Waals surface area contributed by atoms with Gasteiger partial charge in [0.1, 0.15) is 12.4 Å². The van der Waals surface area contributed by atoms with E-state index in [4.69, 9.17) is 5.11 Å². The summed E-state index contributed by atoms with van der Waals surface area (Å²) in [5.74, 6) is 0.0917. The van der Waals surface area contributed by atoms with Gasteiger partial charge in [-0.3, -0.25) is 0 Å². The largest absolute Gasteiger partial charge is 0.447 e. The topological polar surface area (TPSA) is 67.8 Å². The molecule has 19 heavy (non-hydrogen) atoms. The Morgan fingerprint density at radius 3 is 2.58 bits per heavy atom. The summed E-state index contributed by atoms with van der Waals surface area (Å²) >= 11 is 0. The molecule has 1 amide bonds. The summed E-state index contributed by atoms with van der Waals surface area (Å²) in [5.41, 5.74) is 0.865. The molecule has 0 saturated carbocycles. The first-order valence-electron chi connectivity index (χ1n) is 5.67. The predicted molar refractivity (Wildman–Crippen MR) is 63.2 cm³/mol. The summed E-state index contributed by atoms with van der Waals surface area (Å²) in [7, 11) is 0. The van der Waals surface area contributed by atoms with Crippen molar-refractivity contribution in [2.24, 2.45) is 0 Å². The van der Waals surface area contributed by atoms with Crippen LogP contribution in [0.1, 0.15) is 5.56 Å². The van der Waals surface area contributed by atoms with Crippen molar-refractivity contribution < 1.29 is 28.2 Å². The van der Waals surface area contributed by atoms with E-state index in [0.717, 1.165) is 5.56 Å². The normalized spacial score (nSPS) is 10.3. The van der Waals surface area contributed by atoms with E-state index >= 15 is 0 Å². The number of carbonyl (C=O) groups is 1. The Bertz CT molecular complexity index is 384. The van der Waals surface area contributed by atoms with Gasteiger partial charge >= 0.3 is 12.7 Å². The molecule has 0 saturated heterocycles. The zero-order valence-electron chi connectivity index (χ0n) is 10.1. The average Bonchev–Trinajstić information content (AvgIpc) is 2.38. The van der Waals surface area contributed by atoms with Gasteiger partial charge < -0.3 is 19.9 Å². The Labute approximate surface area is 109 Å². The molecule has 0 aromatic heterocycles. The van der Waals surface area contributed by atoms with Crippen LogP contribution in [0, 0.1) is 0 Å². The molecule has 0 spiro atoms. The van der Waals surface area contributed by atoms with E-state index in [9.17, 15) is 13.6 Å². The standard InChI is InChI=1S/C12H15F2NO4/c13-11(14)19-10-3-1-9(2-4-10)5-6-15-12(17)18-8-7-16/h1-4,11,16H,5-8H2,(H,15,17). The van der Waals surface area contributed by atoms with Crippen LogP contribution in [0.3, 0.4) is 0 Å².